The lowest BCUT2D eigenvalue weighted by Crippen LogP contribution is -1.97. The lowest BCUT2D eigenvalue weighted by molar-refractivity contribution is -0.404. The molecule has 1 unspecified atom stereocenters. The van der Waals surface area contributed by atoms with Gasteiger partial charge in [0.2, 0.25) is 0 Å². The van der Waals surface area contributed by atoms with Crippen molar-refractivity contribution in [3.63, 3.8) is 0 Å². The van der Waals surface area contributed by atoms with Crippen LogP contribution in [-0.4, -0.2) is 24.9 Å². The first-order chi connectivity index (χ1) is 12.6. The van der Waals surface area contributed by atoms with E-state index in [0.717, 1.165) is 5.92 Å². The fraction of sp³-hybridized carbons (Fsp3) is 0.312. The highest BCUT2D eigenvalue weighted by atomic mass is 16.6. The van der Waals surface area contributed by atoms with Crippen LogP contribution in [0.5, 0.6) is 5.75 Å². The molecule has 27 heavy (non-hydrogen) atoms. The molecule has 3 rings (SSSR count). The van der Waals surface area contributed by atoms with Gasteiger partial charge in [-0.15, -0.1) is 0 Å². The van der Waals surface area contributed by atoms with E-state index in [0.29, 0.717) is 12.1 Å². The van der Waals surface area contributed by atoms with Crippen molar-refractivity contribution in [3.05, 3.63) is 71.6 Å². The van der Waals surface area contributed by atoms with Gasteiger partial charge in [0.15, 0.2) is 0 Å². The molecule has 1 aromatic heterocycles. The topological polar surface area (TPSA) is 163 Å². The zero-order valence-electron chi connectivity index (χ0n) is 14.5. The monoisotopic (exact) mass is 376 g/mol. The van der Waals surface area contributed by atoms with E-state index in [-0.39, 0.29) is 0 Å². The minimum Gasteiger partial charge on any atom is -0.497 e. The van der Waals surface area contributed by atoms with Gasteiger partial charge in [-0.25, -0.2) is 0 Å². The van der Waals surface area contributed by atoms with Gasteiger partial charge in [0.1, 0.15) is 0 Å². The molecule has 0 fully saturated rings. The van der Waals surface area contributed by atoms with E-state index in [9.17, 15) is 30.3 Å². The summed E-state index contributed by atoms with van der Waals surface area (Å²) in [5.74, 6) is -0.474. The Balaban J connectivity index is 0.000000206. The maximum absolute atomic E-state index is 10.4. The molecule has 1 atom stereocenters. The highest BCUT2D eigenvalue weighted by Gasteiger charge is 2.30. The molecular weight excluding hydrogens is 360 g/mol. The van der Waals surface area contributed by atoms with Gasteiger partial charge in [-0.2, -0.15) is 0 Å². The second-order valence-corrected chi connectivity index (χ2v) is 6.07. The average molecular weight is 376 g/mol. The number of nitro benzene ring substituents is 3. The number of aromatic hydroxyl groups is 1. The number of nitro groups is 3. The van der Waals surface area contributed by atoms with Crippen molar-refractivity contribution in [2.45, 2.75) is 32.6 Å². The van der Waals surface area contributed by atoms with Crippen LogP contribution < -0.4 is 0 Å². The Morgan fingerprint density at radius 2 is 1.59 bits per heavy atom. The smallest absolute Gasteiger partial charge is 0.324 e. The van der Waals surface area contributed by atoms with Crippen LogP contribution in [-0.2, 0) is 6.42 Å². The van der Waals surface area contributed by atoms with E-state index < -0.39 is 37.6 Å². The van der Waals surface area contributed by atoms with Crippen molar-refractivity contribution in [2.75, 3.05) is 0 Å². The Bertz CT molecular complexity index is 894. The molecule has 0 radical (unpaired) electrons. The van der Waals surface area contributed by atoms with Gasteiger partial charge in [0.05, 0.1) is 26.9 Å². The Morgan fingerprint density at radius 3 is 2.04 bits per heavy atom. The number of phenols is 1. The zero-order valence-corrected chi connectivity index (χ0v) is 14.5. The van der Waals surface area contributed by atoms with Crippen molar-refractivity contribution in [2.24, 2.45) is 0 Å². The van der Waals surface area contributed by atoms with Gasteiger partial charge in [0, 0.05) is 12.4 Å². The van der Waals surface area contributed by atoms with Crippen LogP contribution in [0.4, 0.5) is 17.1 Å². The molecule has 11 nitrogen and oxygen atoms in total. The molecule has 1 N–H and O–H groups in total. The normalized spacial score (nSPS) is 14.7. The van der Waals surface area contributed by atoms with E-state index >= 15 is 0 Å². The largest absolute Gasteiger partial charge is 0.497 e. The fourth-order valence-electron chi connectivity index (χ4n) is 2.87. The van der Waals surface area contributed by atoms with Crippen LogP contribution in [0.1, 0.15) is 36.0 Å². The minimum absolute atomic E-state index is 0.447. The summed E-state index contributed by atoms with van der Waals surface area (Å²) in [6, 6.07) is 0.894. The summed E-state index contributed by atoms with van der Waals surface area (Å²) in [6.07, 6.45) is 6.56. The highest BCUT2D eigenvalue weighted by molar-refractivity contribution is 5.64. The lowest BCUT2D eigenvalue weighted by Gasteiger charge is -2.04. The Hall–Kier alpha value is -3.63. The maximum atomic E-state index is 10.4. The van der Waals surface area contributed by atoms with Crippen molar-refractivity contribution >= 4 is 17.1 Å². The van der Waals surface area contributed by atoms with Gasteiger partial charge in [-0.3, -0.25) is 35.3 Å². The highest BCUT2D eigenvalue weighted by Crippen LogP contribution is 2.39. The van der Waals surface area contributed by atoms with Crippen LogP contribution in [0.15, 0.2) is 24.5 Å². The SMILES string of the molecule is Cc1cncc2c1CCC2C.O=[N+]([O-])c1cc([N+](=O)[O-])c(O)c([N+](=O)[O-])c1. The number of phenolic OH excluding ortho intramolecular Hbond substituents is 1. The molecule has 0 aliphatic heterocycles. The Morgan fingerprint density at radius 1 is 1.04 bits per heavy atom. The lowest BCUT2D eigenvalue weighted by atomic mass is 10.0. The van der Waals surface area contributed by atoms with Crippen molar-refractivity contribution in [1.29, 1.82) is 0 Å². The van der Waals surface area contributed by atoms with Crippen LogP contribution in [0.3, 0.4) is 0 Å². The van der Waals surface area contributed by atoms with Crippen molar-refractivity contribution < 1.29 is 19.9 Å². The van der Waals surface area contributed by atoms with E-state index in [1.54, 1.807) is 5.56 Å². The summed E-state index contributed by atoms with van der Waals surface area (Å²) >= 11 is 0. The number of hydrogen-bond acceptors (Lipinski definition) is 8. The predicted octanol–water partition coefficient (Wildman–Crippen LogP) is 3.56. The molecule has 0 bridgehead atoms. The summed E-state index contributed by atoms with van der Waals surface area (Å²) in [6.45, 7) is 4.44. The van der Waals surface area contributed by atoms with Gasteiger partial charge < -0.3 is 5.11 Å². The number of non-ortho nitro benzene ring substituents is 1. The Labute approximate surface area is 152 Å². The zero-order chi connectivity index (χ0) is 20.3. The third-order valence-corrected chi connectivity index (χ3v) is 4.32. The molecule has 0 saturated carbocycles. The number of rotatable bonds is 3. The van der Waals surface area contributed by atoms with Crippen LogP contribution >= 0.6 is 0 Å². The standard InChI is InChI=1S/C10H13N.C6H3N3O7/c1-7-3-4-9-8(2)5-11-6-10(7)9;10-6-4(8(13)14)1-3(7(11)12)2-5(6)9(15)16/h5-7H,3-4H2,1-2H3;1-2,10H. The number of benzene rings is 1. The molecule has 142 valence electrons. The van der Waals surface area contributed by atoms with E-state index in [4.69, 9.17) is 5.11 Å². The fourth-order valence-corrected chi connectivity index (χ4v) is 2.87. The van der Waals surface area contributed by atoms with Gasteiger partial charge in [-0.1, -0.05) is 6.92 Å². The number of aryl methyl sites for hydroxylation is 1. The third kappa shape index (κ3) is 4.14. The van der Waals surface area contributed by atoms with E-state index in [2.05, 4.69) is 18.8 Å². The molecule has 1 aromatic carbocycles. The predicted molar refractivity (Wildman–Crippen MR) is 93.8 cm³/mol. The quantitative estimate of drug-likeness (QED) is 0.627. The number of hydrogen-bond donors (Lipinski definition) is 1. The summed E-state index contributed by atoms with van der Waals surface area (Å²) in [4.78, 5) is 32.0. The first kappa shape index (κ1) is 19.7. The van der Waals surface area contributed by atoms with Crippen LogP contribution in [0, 0.1) is 37.3 Å². The first-order valence-corrected chi connectivity index (χ1v) is 7.87. The van der Waals surface area contributed by atoms with Crippen molar-refractivity contribution in [1.82, 2.24) is 4.98 Å². The summed E-state index contributed by atoms with van der Waals surface area (Å²) in [7, 11) is 0. The van der Waals surface area contributed by atoms with E-state index in [1.165, 1.54) is 24.0 Å². The molecule has 0 spiro atoms. The van der Waals surface area contributed by atoms with E-state index in [1.807, 2.05) is 12.4 Å². The molecule has 1 heterocycles. The minimum atomic E-state index is -1.21. The summed E-state index contributed by atoms with van der Waals surface area (Å²) in [5.41, 5.74) is 1.39. The second-order valence-electron chi connectivity index (χ2n) is 6.07. The summed E-state index contributed by atoms with van der Waals surface area (Å²) < 4.78 is 0. The Kier molecular flexibility index (Phi) is 5.63. The first-order valence-electron chi connectivity index (χ1n) is 7.87. The van der Waals surface area contributed by atoms with Gasteiger partial charge in [0.25, 0.3) is 11.4 Å². The molecule has 2 aromatic rings. The van der Waals surface area contributed by atoms with Gasteiger partial charge in [-0.05, 0) is 42.4 Å². The number of fused-ring (bicyclic) bond motifs is 1. The molecule has 11 heteroatoms. The second kappa shape index (κ2) is 7.72. The molecule has 1 aliphatic carbocycles. The summed E-state index contributed by atoms with van der Waals surface area (Å²) in [5, 5.41) is 40.2. The van der Waals surface area contributed by atoms with Crippen LogP contribution in [0.25, 0.3) is 0 Å². The molecule has 1 aliphatic rings. The number of nitrogens with zero attached hydrogens (tertiary/aromatic N) is 4. The van der Waals surface area contributed by atoms with Crippen LogP contribution in [0.2, 0.25) is 0 Å². The maximum Gasteiger partial charge on any atom is 0.324 e. The number of aromatic nitrogens is 1. The van der Waals surface area contributed by atoms with Gasteiger partial charge >= 0.3 is 11.4 Å². The average Bonchev–Trinajstić information content (AvgIpc) is 2.97. The number of pyridine rings is 1. The molecule has 0 amide bonds. The third-order valence-electron chi connectivity index (χ3n) is 4.32. The van der Waals surface area contributed by atoms with Crippen molar-refractivity contribution in [3.8, 4) is 5.75 Å². The molecule has 0 saturated heterocycles. The molecular formula is C16H16N4O7.